The van der Waals surface area contributed by atoms with E-state index < -0.39 is 5.60 Å². The first-order valence-electron chi connectivity index (χ1n) is 8.42. The molecule has 0 bridgehead atoms. The van der Waals surface area contributed by atoms with Gasteiger partial charge in [-0.1, -0.05) is 0 Å². The molecule has 6 nitrogen and oxygen atoms in total. The van der Waals surface area contributed by atoms with Crippen molar-refractivity contribution in [2.45, 2.75) is 59.2 Å². The maximum Gasteiger partial charge on any atom is 0.410 e. The summed E-state index contributed by atoms with van der Waals surface area (Å²) >= 11 is 1.71. The zero-order valence-electron chi connectivity index (χ0n) is 15.5. The van der Waals surface area contributed by atoms with Gasteiger partial charge in [0.2, 0.25) is 0 Å². The number of carbonyl (C=O) groups is 1. The SMILES string of the molecule is Cc1nc(C(C)NCC2COCCN2C(=O)OC(C)(C)C)c(C)s1. The zero-order chi connectivity index (χ0) is 17.9. The molecule has 1 fully saturated rings. The molecule has 2 rings (SSSR count). The van der Waals surface area contributed by atoms with E-state index in [2.05, 4.69) is 24.1 Å². The van der Waals surface area contributed by atoms with Crippen LogP contribution >= 0.6 is 11.3 Å². The Morgan fingerprint density at radius 3 is 2.79 bits per heavy atom. The maximum absolute atomic E-state index is 12.4. The van der Waals surface area contributed by atoms with Gasteiger partial charge >= 0.3 is 6.09 Å². The molecule has 7 heteroatoms. The van der Waals surface area contributed by atoms with Crippen LogP contribution in [0.25, 0.3) is 0 Å². The molecular weight excluding hydrogens is 326 g/mol. The van der Waals surface area contributed by atoms with Crippen molar-refractivity contribution in [2.75, 3.05) is 26.3 Å². The minimum absolute atomic E-state index is 0.0314. The number of nitrogens with zero attached hydrogens (tertiary/aromatic N) is 2. The average molecular weight is 356 g/mol. The number of rotatable bonds is 4. The van der Waals surface area contributed by atoms with Gasteiger partial charge in [-0.15, -0.1) is 11.3 Å². The molecule has 2 unspecified atom stereocenters. The lowest BCUT2D eigenvalue weighted by atomic mass is 10.1. The number of aromatic nitrogens is 1. The zero-order valence-corrected chi connectivity index (χ0v) is 16.3. The van der Waals surface area contributed by atoms with Crippen molar-refractivity contribution >= 4 is 17.4 Å². The molecule has 1 amide bonds. The van der Waals surface area contributed by atoms with Crippen molar-refractivity contribution in [3.05, 3.63) is 15.6 Å². The van der Waals surface area contributed by atoms with Crippen LogP contribution < -0.4 is 5.32 Å². The highest BCUT2D eigenvalue weighted by Gasteiger charge is 2.31. The molecule has 2 heterocycles. The predicted molar refractivity (Wildman–Crippen MR) is 95.6 cm³/mol. The number of hydrogen-bond acceptors (Lipinski definition) is 6. The Labute approximate surface area is 148 Å². The molecule has 1 aliphatic rings. The van der Waals surface area contributed by atoms with Crippen molar-refractivity contribution in [3.63, 3.8) is 0 Å². The number of hydrogen-bond donors (Lipinski definition) is 1. The van der Waals surface area contributed by atoms with Crippen LogP contribution in [0.4, 0.5) is 4.79 Å². The lowest BCUT2D eigenvalue weighted by molar-refractivity contribution is -0.0321. The van der Waals surface area contributed by atoms with Gasteiger partial charge in [0.1, 0.15) is 5.60 Å². The van der Waals surface area contributed by atoms with E-state index in [9.17, 15) is 4.79 Å². The van der Waals surface area contributed by atoms with E-state index in [-0.39, 0.29) is 18.2 Å². The van der Waals surface area contributed by atoms with Crippen LogP contribution in [0.3, 0.4) is 0 Å². The predicted octanol–water partition coefficient (Wildman–Crippen LogP) is 3.05. The van der Waals surface area contributed by atoms with Crippen LogP contribution in [0, 0.1) is 13.8 Å². The summed E-state index contributed by atoms with van der Waals surface area (Å²) in [6, 6.07) is 0.105. The third-order valence-electron chi connectivity index (χ3n) is 3.86. The number of thiazole rings is 1. The van der Waals surface area contributed by atoms with E-state index >= 15 is 0 Å². The summed E-state index contributed by atoms with van der Waals surface area (Å²) in [5.41, 5.74) is 0.591. The molecule has 1 aromatic heterocycles. The third kappa shape index (κ3) is 5.16. The standard InChI is InChI=1S/C17H29N3O3S/c1-11(15-12(2)24-13(3)19-15)18-9-14-10-22-8-7-20(14)16(21)23-17(4,5)6/h11,14,18H,7-10H2,1-6H3. The summed E-state index contributed by atoms with van der Waals surface area (Å²) in [4.78, 5) is 20.0. The van der Waals surface area contributed by atoms with Crippen molar-refractivity contribution < 1.29 is 14.3 Å². The van der Waals surface area contributed by atoms with Gasteiger partial charge in [-0.3, -0.25) is 4.90 Å². The molecule has 1 aromatic rings. The Hall–Kier alpha value is -1.18. The van der Waals surface area contributed by atoms with Crippen LogP contribution in [0.5, 0.6) is 0 Å². The number of amides is 1. The lowest BCUT2D eigenvalue weighted by Crippen LogP contribution is -2.54. The van der Waals surface area contributed by atoms with E-state index in [1.807, 2.05) is 27.7 Å². The highest BCUT2D eigenvalue weighted by atomic mass is 32.1. The average Bonchev–Trinajstić information content (AvgIpc) is 2.82. The molecule has 2 atom stereocenters. The third-order valence-corrected chi connectivity index (χ3v) is 4.77. The normalized spacial score (nSPS) is 20.1. The van der Waals surface area contributed by atoms with Gasteiger partial charge in [0.25, 0.3) is 0 Å². The largest absolute Gasteiger partial charge is 0.444 e. The molecule has 0 spiro atoms. The van der Waals surface area contributed by atoms with Gasteiger partial charge in [-0.2, -0.15) is 0 Å². The summed E-state index contributed by atoms with van der Waals surface area (Å²) < 4.78 is 11.1. The van der Waals surface area contributed by atoms with E-state index in [4.69, 9.17) is 9.47 Å². The second kappa shape index (κ2) is 7.80. The molecular formula is C17H29N3O3S. The molecule has 0 aliphatic carbocycles. The number of nitrogens with one attached hydrogen (secondary N) is 1. The van der Waals surface area contributed by atoms with Crippen LogP contribution in [-0.4, -0.2) is 53.9 Å². The first-order chi connectivity index (χ1) is 11.2. The van der Waals surface area contributed by atoms with E-state index in [1.165, 1.54) is 4.88 Å². The number of morpholine rings is 1. The summed E-state index contributed by atoms with van der Waals surface area (Å²) in [6.07, 6.45) is -0.272. The maximum atomic E-state index is 12.4. The number of carbonyl (C=O) groups excluding carboxylic acids is 1. The van der Waals surface area contributed by atoms with E-state index in [0.717, 1.165) is 10.7 Å². The van der Waals surface area contributed by atoms with E-state index in [1.54, 1.807) is 16.2 Å². The van der Waals surface area contributed by atoms with Crippen LogP contribution in [0.15, 0.2) is 0 Å². The van der Waals surface area contributed by atoms with Crippen molar-refractivity contribution in [2.24, 2.45) is 0 Å². The lowest BCUT2D eigenvalue weighted by Gasteiger charge is -2.37. The molecule has 1 saturated heterocycles. The summed E-state index contributed by atoms with van der Waals surface area (Å²) in [5, 5.41) is 4.56. The fraction of sp³-hybridized carbons (Fsp3) is 0.765. The summed E-state index contributed by atoms with van der Waals surface area (Å²) in [6.45, 7) is 14.1. The summed E-state index contributed by atoms with van der Waals surface area (Å²) in [5.74, 6) is 0. The number of ether oxygens (including phenoxy) is 2. The molecule has 0 saturated carbocycles. The Morgan fingerprint density at radius 2 is 2.21 bits per heavy atom. The quantitative estimate of drug-likeness (QED) is 0.899. The Morgan fingerprint density at radius 1 is 1.50 bits per heavy atom. The highest BCUT2D eigenvalue weighted by molar-refractivity contribution is 7.11. The van der Waals surface area contributed by atoms with Crippen LogP contribution in [0.1, 0.15) is 49.3 Å². The highest BCUT2D eigenvalue weighted by Crippen LogP contribution is 2.22. The second-order valence-corrected chi connectivity index (χ2v) is 8.61. The molecule has 0 radical (unpaired) electrons. The van der Waals surface area contributed by atoms with Crippen LogP contribution in [0.2, 0.25) is 0 Å². The Bertz CT molecular complexity index is 568. The molecule has 0 aromatic carbocycles. The first-order valence-corrected chi connectivity index (χ1v) is 9.23. The van der Waals surface area contributed by atoms with Gasteiger partial charge in [-0.25, -0.2) is 9.78 Å². The van der Waals surface area contributed by atoms with Gasteiger partial charge in [0.15, 0.2) is 0 Å². The van der Waals surface area contributed by atoms with Crippen molar-refractivity contribution in [1.29, 1.82) is 0 Å². The first kappa shape index (κ1) is 19.1. The fourth-order valence-electron chi connectivity index (χ4n) is 2.74. The fourth-order valence-corrected chi connectivity index (χ4v) is 3.66. The minimum Gasteiger partial charge on any atom is -0.444 e. The molecule has 136 valence electrons. The monoisotopic (exact) mass is 355 g/mol. The van der Waals surface area contributed by atoms with E-state index in [0.29, 0.717) is 26.3 Å². The van der Waals surface area contributed by atoms with Gasteiger partial charge in [-0.05, 0) is 41.5 Å². The summed E-state index contributed by atoms with van der Waals surface area (Å²) in [7, 11) is 0. The van der Waals surface area contributed by atoms with Crippen LogP contribution in [-0.2, 0) is 9.47 Å². The Kier molecular flexibility index (Phi) is 6.22. The number of aryl methyl sites for hydroxylation is 2. The van der Waals surface area contributed by atoms with Gasteiger partial charge in [0, 0.05) is 24.0 Å². The van der Waals surface area contributed by atoms with Crippen molar-refractivity contribution in [1.82, 2.24) is 15.2 Å². The van der Waals surface area contributed by atoms with Gasteiger partial charge < -0.3 is 14.8 Å². The van der Waals surface area contributed by atoms with Crippen molar-refractivity contribution in [3.8, 4) is 0 Å². The Balaban J connectivity index is 1.96. The molecule has 1 aliphatic heterocycles. The molecule has 1 N–H and O–H groups in total. The van der Waals surface area contributed by atoms with Gasteiger partial charge in [0.05, 0.1) is 30.0 Å². The topological polar surface area (TPSA) is 63.7 Å². The second-order valence-electron chi connectivity index (χ2n) is 7.21. The smallest absolute Gasteiger partial charge is 0.410 e. The minimum atomic E-state index is -0.490. The molecule has 24 heavy (non-hydrogen) atoms.